The van der Waals surface area contributed by atoms with Crippen LogP contribution in [0.3, 0.4) is 0 Å². The van der Waals surface area contributed by atoms with E-state index in [0.717, 1.165) is 30.0 Å². The summed E-state index contributed by atoms with van der Waals surface area (Å²) in [6.07, 6.45) is 2.54. The molecule has 0 unspecified atom stereocenters. The number of pyridine rings is 1. The second kappa shape index (κ2) is 6.39. The van der Waals surface area contributed by atoms with Crippen molar-refractivity contribution in [3.63, 3.8) is 0 Å². The normalized spacial score (nSPS) is 10.5. The number of carbonyl (C=O) groups excluding carboxylic acids is 1. The first-order valence-electron chi connectivity index (χ1n) is 6.92. The zero-order valence-electron chi connectivity index (χ0n) is 12.8. The van der Waals surface area contributed by atoms with Crippen molar-refractivity contribution in [3.05, 3.63) is 35.4 Å². The van der Waals surface area contributed by atoms with E-state index in [4.69, 9.17) is 4.74 Å². The summed E-state index contributed by atoms with van der Waals surface area (Å²) in [7, 11) is 1.56. The molecule has 6 heteroatoms. The minimum Gasteiger partial charge on any atom is -0.497 e. The molecule has 0 spiro atoms. The summed E-state index contributed by atoms with van der Waals surface area (Å²) in [6.45, 7) is 6.76. The first-order chi connectivity index (χ1) is 10.1. The number of aromatic nitrogens is 3. The van der Waals surface area contributed by atoms with Gasteiger partial charge in [-0.05, 0) is 26.3 Å². The van der Waals surface area contributed by atoms with E-state index in [2.05, 4.69) is 22.3 Å². The van der Waals surface area contributed by atoms with Gasteiger partial charge in [-0.1, -0.05) is 6.92 Å². The highest BCUT2D eigenvalue weighted by molar-refractivity contribution is 6.03. The lowest BCUT2D eigenvalue weighted by Crippen LogP contribution is -2.15. The van der Waals surface area contributed by atoms with E-state index < -0.39 is 0 Å². The van der Waals surface area contributed by atoms with Gasteiger partial charge >= 0.3 is 0 Å². The highest BCUT2D eigenvalue weighted by Crippen LogP contribution is 2.21. The topological polar surface area (TPSA) is 69.0 Å². The maximum absolute atomic E-state index is 12.3. The van der Waals surface area contributed by atoms with Crippen LogP contribution < -0.4 is 10.1 Å². The van der Waals surface area contributed by atoms with Crippen molar-refractivity contribution in [2.45, 2.75) is 33.7 Å². The second-order valence-corrected chi connectivity index (χ2v) is 4.80. The number of methoxy groups -OCH3 is 1. The van der Waals surface area contributed by atoms with Crippen molar-refractivity contribution in [1.82, 2.24) is 14.8 Å². The molecule has 2 heterocycles. The Hall–Kier alpha value is -2.37. The standard InChI is InChI=1S/C15H20N4O2/c1-5-8-19-11(3)14(10(2)18-19)17-15(20)13-9-12(21-4)6-7-16-13/h6-7,9H,5,8H2,1-4H3,(H,17,20). The summed E-state index contributed by atoms with van der Waals surface area (Å²) >= 11 is 0. The highest BCUT2D eigenvalue weighted by Gasteiger charge is 2.16. The van der Waals surface area contributed by atoms with E-state index in [1.807, 2.05) is 18.5 Å². The van der Waals surface area contributed by atoms with Crippen molar-refractivity contribution in [2.75, 3.05) is 12.4 Å². The largest absolute Gasteiger partial charge is 0.497 e. The molecule has 0 aliphatic rings. The molecule has 2 rings (SSSR count). The third-order valence-electron chi connectivity index (χ3n) is 3.26. The van der Waals surface area contributed by atoms with Gasteiger partial charge < -0.3 is 10.1 Å². The molecule has 0 fully saturated rings. The van der Waals surface area contributed by atoms with E-state index in [9.17, 15) is 4.79 Å². The zero-order valence-corrected chi connectivity index (χ0v) is 12.8. The fraction of sp³-hybridized carbons (Fsp3) is 0.400. The zero-order chi connectivity index (χ0) is 15.4. The molecule has 0 atom stereocenters. The number of amides is 1. The first-order valence-corrected chi connectivity index (χ1v) is 6.92. The maximum atomic E-state index is 12.3. The highest BCUT2D eigenvalue weighted by atomic mass is 16.5. The van der Waals surface area contributed by atoms with Gasteiger partial charge in [-0.3, -0.25) is 14.5 Å². The fourth-order valence-corrected chi connectivity index (χ4v) is 2.15. The van der Waals surface area contributed by atoms with E-state index in [0.29, 0.717) is 11.4 Å². The van der Waals surface area contributed by atoms with E-state index in [-0.39, 0.29) is 5.91 Å². The van der Waals surface area contributed by atoms with Crippen LogP contribution in [0.15, 0.2) is 18.3 Å². The molecular formula is C15H20N4O2. The monoisotopic (exact) mass is 288 g/mol. The molecule has 112 valence electrons. The Morgan fingerprint density at radius 2 is 2.19 bits per heavy atom. The first kappa shape index (κ1) is 15.0. The van der Waals surface area contributed by atoms with E-state index in [1.54, 1.807) is 25.4 Å². The quantitative estimate of drug-likeness (QED) is 0.918. The van der Waals surface area contributed by atoms with Crippen LogP contribution in [0.2, 0.25) is 0 Å². The predicted molar refractivity (Wildman–Crippen MR) is 80.7 cm³/mol. The van der Waals surface area contributed by atoms with Crippen LogP contribution >= 0.6 is 0 Å². The number of aryl methyl sites for hydroxylation is 2. The average molecular weight is 288 g/mol. The molecule has 21 heavy (non-hydrogen) atoms. The third-order valence-corrected chi connectivity index (χ3v) is 3.26. The van der Waals surface area contributed by atoms with Gasteiger partial charge in [0.05, 0.1) is 24.2 Å². The van der Waals surface area contributed by atoms with Crippen LogP contribution in [0.4, 0.5) is 5.69 Å². The molecular weight excluding hydrogens is 268 g/mol. The van der Waals surface area contributed by atoms with Gasteiger partial charge in [0.25, 0.3) is 5.91 Å². The van der Waals surface area contributed by atoms with Gasteiger partial charge in [0, 0.05) is 18.8 Å². The van der Waals surface area contributed by atoms with Crippen LogP contribution in [0.25, 0.3) is 0 Å². The van der Waals surface area contributed by atoms with Gasteiger partial charge in [-0.15, -0.1) is 0 Å². The SMILES string of the molecule is CCCn1nc(C)c(NC(=O)c2cc(OC)ccn2)c1C. The van der Waals surface area contributed by atoms with Gasteiger partial charge in [-0.2, -0.15) is 5.10 Å². The van der Waals surface area contributed by atoms with Gasteiger partial charge in [0.1, 0.15) is 11.4 Å². The lowest BCUT2D eigenvalue weighted by Gasteiger charge is -2.07. The lowest BCUT2D eigenvalue weighted by molar-refractivity contribution is 0.102. The molecule has 0 radical (unpaired) electrons. The molecule has 2 aromatic heterocycles. The van der Waals surface area contributed by atoms with Crippen molar-refractivity contribution < 1.29 is 9.53 Å². The second-order valence-electron chi connectivity index (χ2n) is 4.80. The smallest absolute Gasteiger partial charge is 0.274 e. The number of rotatable bonds is 5. The molecule has 6 nitrogen and oxygen atoms in total. The molecule has 0 aromatic carbocycles. The summed E-state index contributed by atoms with van der Waals surface area (Å²) in [6, 6.07) is 3.31. The number of anilines is 1. The average Bonchev–Trinajstić information content (AvgIpc) is 2.75. The fourth-order valence-electron chi connectivity index (χ4n) is 2.15. The number of nitrogens with one attached hydrogen (secondary N) is 1. The third kappa shape index (κ3) is 3.21. The molecule has 0 saturated heterocycles. The van der Waals surface area contributed by atoms with Crippen LogP contribution in [-0.2, 0) is 6.54 Å². The Bertz CT molecular complexity index is 649. The van der Waals surface area contributed by atoms with Gasteiger partial charge in [0.2, 0.25) is 0 Å². The minimum absolute atomic E-state index is 0.267. The minimum atomic E-state index is -0.267. The molecule has 1 amide bonds. The Balaban J connectivity index is 2.23. The molecule has 0 bridgehead atoms. The van der Waals surface area contributed by atoms with Crippen LogP contribution in [0.1, 0.15) is 35.2 Å². The summed E-state index contributed by atoms with van der Waals surface area (Å²) in [4.78, 5) is 16.4. The predicted octanol–water partition coefficient (Wildman–Crippen LogP) is 2.57. The van der Waals surface area contributed by atoms with E-state index in [1.165, 1.54) is 0 Å². The molecule has 2 aromatic rings. The van der Waals surface area contributed by atoms with Crippen LogP contribution in [0.5, 0.6) is 5.75 Å². The summed E-state index contributed by atoms with van der Waals surface area (Å²) in [5.41, 5.74) is 2.82. The number of hydrogen-bond donors (Lipinski definition) is 1. The van der Waals surface area contributed by atoms with Crippen molar-refractivity contribution in [2.24, 2.45) is 0 Å². The number of nitrogens with zero attached hydrogens (tertiary/aromatic N) is 3. The van der Waals surface area contributed by atoms with Crippen molar-refractivity contribution >= 4 is 11.6 Å². The van der Waals surface area contributed by atoms with Crippen molar-refractivity contribution in [1.29, 1.82) is 0 Å². The Morgan fingerprint density at radius 3 is 2.86 bits per heavy atom. The number of carbonyl (C=O) groups is 1. The van der Waals surface area contributed by atoms with Crippen molar-refractivity contribution in [3.8, 4) is 5.75 Å². The van der Waals surface area contributed by atoms with Gasteiger partial charge in [-0.25, -0.2) is 0 Å². The number of hydrogen-bond acceptors (Lipinski definition) is 4. The Kier molecular flexibility index (Phi) is 4.57. The molecule has 0 aliphatic carbocycles. The summed E-state index contributed by atoms with van der Waals surface area (Å²) in [5.74, 6) is 0.335. The Morgan fingerprint density at radius 1 is 1.43 bits per heavy atom. The van der Waals surface area contributed by atoms with Crippen LogP contribution in [0, 0.1) is 13.8 Å². The maximum Gasteiger partial charge on any atom is 0.274 e. The summed E-state index contributed by atoms with van der Waals surface area (Å²) < 4.78 is 7.01. The summed E-state index contributed by atoms with van der Waals surface area (Å²) in [5, 5.41) is 7.32. The molecule has 0 saturated carbocycles. The Labute approximate surface area is 124 Å². The number of ether oxygens (including phenoxy) is 1. The van der Waals surface area contributed by atoms with Gasteiger partial charge in [0.15, 0.2) is 0 Å². The van der Waals surface area contributed by atoms with E-state index >= 15 is 0 Å². The molecule has 1 N–H and O–H groups in total. The van der Waals surface area contributed by atoms with Crippen LogP contribution in [-0.4, -0.2) is 27.8 Å². The lowest BCUT2D eigenvalue weighted by atomic mass is 10.2. The molecule has 0 aliphatic heterocycles.